The normalized spacial score (nSPS) is 18.9. The number of hydrogen-bond acceptors (Lipinski definition) is 4. The minimum Gasteiger partial charge on any atom is -0.478 e. The lowest BCUT2D eigenvalue weighted by molar-refractivity contribution is -0.0206. The quantitative estimate of drug-likeness (QED) is 0.918. The predicted octanol–water partition coefficient (Wildman–Crippen LogP) is 3.11. The molecule has 0 bridgehead atoms. The van der Waals surface area contributed by atoms with E-state index in [1.807, 2.05) is 18.2 Å². The molecule has 3 rings (SSSR count). The molecule has 0 aliphatic carbocycles. The van der Waals surface area contributed by atoms with Crippen molar-refractivity contribution in [1.82, 2.24) is 4.90 Å². The van der Waals surface area contributed by atoms with Crippen molar-refractivity contribution in [2.45, 2.75) is 25.9 Å². The molecule has 1 atom stereocenters. The molecule has 1 fully saturated rings. The van der Waals surface area contributed by atoms with Crippen molar-refractivity contribution in [3.63, 3.8) is 0 Å². The number of carbonyl (C=O) groups is 1. The highest BCUT2D eigenvalue weighted by Crippen LogP contribution is 2.27. The van der Waals surface area contributed by atoms with Crippen LogP contribution in [0.1, 0.15) is 40.4 Å². The first-order chi connectivity index (χ1) is 11.2. The average molecular weight is 315 g/mol. The van der Waals surface area contributed by atoms with Crippen molar-refractivity contribution in [2.24, 2.45) is 0 Å². The number of hydrogen-bond donors (Lipinski definition) is 1. The molecular weight excluding hydrogens is 294 g/mol. The number of rotatable bonds is 5. The molecule has 0 saturated carbocycles. The van der Waals surface area contributed by atoms with Crippen molar-refractivity contribution in [3.8, 4) is 0 Å². The van der Waals surface area contributed by atoms with Gasteiger partial charge in [-0.05, 0) is 29.8 Å². The summed E-state index contributed by atoms with van der Waals surface area (Å²) in [6, 6.07) is 11.2. The Hall–Kier alpha value is -2.11. The van der Waals surface area contributed by atoms with Gasteiger partial charge in [0.15, 0.2) is 0 Å². The Kier molecular flexibility index (Phi) is 4.79. The summed E-state index contributed by atoms with van der Waals surface area (Å²) in [7, 11) is 0. The van der Waals surface area contributed by atoms with Crippen molar-refractivity contribution >= 4 is 5.97 Å². The molecule has 1 aromatic heterocycles. The Labute approximate surface area is 135 Å². The van der Waals surface area contributed by atoms with Crippen LogP contribution >= 0.6 is 0 Å². The minimum absolute atomic E-state index is 0.0672. The molecule has 1 aromatic carbocycles. The van der Waals surface area contributed by atoms with Crippen LogP contribution in [0.4, 0.5) is 0 Å². The number of benzene rings is 1. The molecule has 1 unspecified atom stereocenters. The molecule has 1 aliphatic heterocycles. The van der Waals surface area contributed by atoms with E-state index in [-0.39, 0.29) is 6.04 Å². The van der Waals surface area contributed by atoms with Crippen LogP contribution in [-0.4, -0.2) is 35.7 Å². The molecule has 2 aromatic rings. The topological polar surface area (TPSA) is 62.9 Å². The first-order valence-corrected chi connectivity index (χ1v) is 7.90. The van der Waals surface area contributed by atoms with Gasteiger partial charge >= 0.3 is 5.97 Å². The summed E-state index contributed by atoms with van der Waals surface area (Å²) in [5.74, 6) is 0.985. The van der Waals surface area contributed by atoms with E-state index >= 15 is 0 Å². The van der Waals surface area contributed by atoms with Gasteiger partial charge in [-0.2, -0.15) is 0 Å². The second kappa shape index (κ2) is 6.98. The molecule has 0 amide bonds. The zero-order valence-corrected chi connectivity index (χ0v) is 13.2. The van der Waals surface area contributed by atoms with Gasteiger partial charge in [-0.25, -0.2) is 4.79 Å². The van der Waals surface area contributed by atoms with Gasteiger partial charge in [0.1, 0.15) is 11.5 Å². The van der Waals surface area contributed by atoms with E-state index in [9.17, 15) is 4.79 Å². The maximum absolute atomic E-state index is 11.1. The largest absolute Gasteiger partial charge is 0.478 e. The van der Waals surface area contributed by atoms with E-state index in [1.165, 1.54) is 0 Å². The van der Waals surface area contributed by atoms with Crippen molar-refractivity contribution in [1.29, 1.82) is 0 Å². The smallest absolute Gasteiger partial charge is 0.335 e. The first-order valence-electron chi connectivity index (χ1n) is 7.90. The van der Waals surface area contributed by atoms with Crippen LogP contribution in [-0.2, 0) is 17.7 Å². The average Bonchev–Trinajstić information content (AvgIpc) is 3.04. The third-order valence-corrected chi connectivity index (χ3v) is 4.16. The van der Waals surface area contributed by atoms with Crippen molar-refractivity contribution < 1.29 is 19.1 Å². The van der Waals surface area contributed by atoms with Gasteiger partial charge in [-0.15, -0.1) is 0 Å². The molecule has 5 nitrogen and oxygen atoms in total. The molecule has 0 spiro atoms. The second-order valence-electron chi connectivity index (χ2n) is 5.72. The van der Waals surface area contributed by atoms with Gasteiger partial charge in [-0.3, -0.25) is 4.90 Å². The highest BCUT2D eigenvalue weighted by molar-refractivity contribution is 5.87. The summed E-state index contributed by atoms with van der Waals surface area (Å²) in [5.41, 5.74) is 1.30. The lowest BCUT2D eigenvalue weighted by Gasteiger charge is -2.34. The monoisotopic (exact) mass is 315 g/mol. The fourth-order valence-electron chi connectivity index (χ4n) is 2.89. The third kappa shape index (κ3) is 3.63. The molecule has 2 heterocycles. The van der Waals surface area contributed by atoms with Crippen LogP contribution < -0.4 is 0 Å². The van der Waals surface area contributed by atoms with E-state index in [1.54, 1.807) is 18.2 Å². The third-order valence-electron chi connectivity index (χ3n) is 4.16. The predicted molar refractivity (Wildman–Crippen MR) is 85.5 cm³/mol. The Balaban J connectivity index is 1.78. The first kappa shape index (κ1) is 15.8. The van der Waals surface area contributed by atoms with Gasteiger partial charge in [-0.1, -0.05) is 19.1 Å². The van der Waals surface area contributed by atoms with Crippen LogP contribution in [0.5, 0.6) is 0 Å². The summed E-state index contributed by atoms with van der Waals surface area (Å²) in [5, 5.41) is 9.13. The number of aryl methyl sites for hydroxylation is 1. The fraction of sp³-hybridized carbons (Fsp3) is 0.389. The molecular formula is C18H21NO4. The minimum atomic E-state index is -0.899. The summed E-state index contributed by atoms with van der Waals surface area (Å²) >= 11 is 0. The molecule has 1 saturated heterocycles. The van der Waals surface area contributed by atoms with Crippen molar-refractivity contribution in [3.05, 3.63) is 59.0 Å². The van der Waals surface area contributed by atoms with Crippen LogP contribution in [0.2, 0.25) is 0 Å². The van der Waals surface area contributed by atoms with Crippen LogP contribution in [0.15, 0.2) is 40.8 Å². The number of carboxylic acid groups (broad SMARTS) is 1. The molecule has 1 aliphatic rings. The zero-order chi connectivity index (χ0) is 16.2. The van der Waals surface area contributed by atoms with Crippen LogP contribution in [0.25, 0.3) is 0 Å². The molecule has 0 radical (unpaired) electrons. The second-order valence-corrected chi connectivity index (χ2v) is 5.72. The van der Waals surface area contributed by atoms with E-state index in [0.717, 1.165) is 30.0 Å². The number of aromatic carboxylic acids is 1. The van der Waals surface area contributed by atoms with Crippen LogP contribution in [0, 0.1) is 0 Å². The van der Waals surface area contributed by atoms with E-state index < -0.39 is 5.97 Å². The number of nitrogens with zero attached hydrogens (tertiary/aromatic N) is 1. The van der Waals surface area contributed by atoms with E-state index in [4.69, 9.17) is 14.3 Å². The molecule has 122 valence electrons. The number of carboxylic acids is 1. The van der Waals surface area contributed by atoms with Gasteiger partial charge in [0.2, 0.25) is 0 Å². The van der Waals surface area contributed by atoms with E-state index in [0.29, 0.717) is 25.3 Å². The fourth-order valence-corrected chi connectivity index (χ4v) is 2.89. The lowest BCUT2D eigenvalue weighted by Crippen LogP contribution is -2.38. The van der Waals surface area contributed by atoms with E-state index in [2.05, 4.69) is 11.8 Å². The number of furan rings is 1. The maximum Gasteiger partial charge on any atom is 0.335 e. The highest BCUT2D eigenvalue weighted by atomic mass is 16.5. The Bertz CT molecular complexity index is 679. The molecule has 23 heavy (non-hydrogen) atoms. The SMILES string of the molecule is CCc1ccc(C2COCCN2Cc2cccc(C(=O)O)c2)o1. The highest BCUT2D eigenvalue weighted by Gasteiger charge is 2.27. The molecule has 1 N–H and O–H groups in total. The summed E-state index contributed by atoms with van der Waals surface area (Å²) < 4.78 is 11.5. The Morgan fingerprint density at radius 1 is 1.35 bits per heavy atom. The Morgan fingerprint density at radius 3 is 2.96 bits per heavy atom. The van der Waals surface area contributed by atoms with Crippen molar-refractivity contribution in [2.75, 3.05) is 19.8 Å². The van der Waals surface area contributed by atoms with Gasteiger partial charge in [0.25, 0.3) is 0 Å². The zero-order valence-electron chi connectivity index (χ0n) is 13.2. The van der Waals surface area contributed by atoms with Gasteiger partial charge in [0, 0.05) is 19.5 Å². The number of morpholine rings is 1. The summed E-state index contributed by atoms with van der Waals surface area (Å²) in [4.78, 5) is 13.4. The Morgan fingerprint density at radius 2 is 2.22 bits per heavy atom. The standard InChI is InChI=1S/C18H21NO4/c1-2-15-6-7-17(23-15)16-12-22-9-8-19(16)11-13-4-3-5-14(10-13)18(20)21/h3-7,10,16H,2,8-9,11-12H2,1H3,(H,20,21). The lowest BCUT2D eigenvalue weighted by atomic mass is 10.1. The number of ether oxygens (including phenoxy) is 1. The van der Waals surface area contributed by atoms with Gasteiger partial charge in [0.05, 0.1) is 24.8 Å². The maximum atomic E-state index is 11.1. The van der Waals surface area contributed by atoms with Crippen LogP contribution in [0.3, 0.4) is 0 Å². The molecule has 5 heteroatoms. The van der Waals surface area contributed by atoms with Gasteiger partial charge < -0.3 is 14.3 Å². The summed E-state index contributed by atoms with van der Waals surface area (Å²) in [6.45, 7) is 4.81. The summed E-state index contributed by atoms with van der Waals surface area (Å²) in [6.07, 6.45) is 0.869.